The third-order valence-corrected chi connectivity index (χ3v) is 14.7. The van der Waals surface area contributed by atoms with Crippen molar-refractivity contribution < 1.29 is 0 Å². The largest absolute Gasteiger partial charge is 0.341 e. The molecule has 61 heavy (non-hydrogen) atoms. The highest BCUT2D eigenvalue weighted by molar-refractivity contribution is 7.99. The van der Waals surface area contributed by atoms with Crippen molar-refractivity contribution in [2.24, 2.45) is 0 Å². The highest BCUT2D eigenvalue weighted by Gasteiger charge is 2.51. The summed E-state index contributed by atoms with van der Waals surface area (Å²) in [5, 5.41) is 2.46. The van der Waals surface area contributed by atoms with E-state index in [9.17, 15) is 0 Å². The summed E-state index contributed by atoms with van der Waals surface area (Å²) in [5.74, 6) is 0. The number of anilines is 5. The van der Waals surface area contributed by atoms with Gasteiger partial charge in [-0.15, -0.1) is 0 Å². The van der Waals surface area contributed by atoms with E-state index in [1.54, 1.807) is 0 Å². The molecule has 0 unspecified atom stereocenters. The van der Waals surface area contributed by atoms with Crippen molar-refractivity contribution in [1.29, 1.82) is 0 Å². The third-order valence-electron chi connectivity index (χ3n) is 13.5. The zero-order chi connectivity index (χ0) is 40.1. The molecule has 9 aromatic rings. The topological polar surface area (TPSA) is 6.48 Å². The van der Waals surface area contributed by atoms with Crippen LogP contribution in [0.5, 0.6) is 0 Å². The summed E-state index contributed by atoms with van der Waals surface area (Å²) in [6.45, 7) is 1.02. The van der Waals surface area contributed by atoms with Crippen LogP contribution in [0.1, 0.15) is 45.4 Å². The Kier molecular flexibility index (Phi) is 7.68. The van der Waals surface area contributed by atoms with Gasteiger partial charge in [-0.05, 0) is 152 Å². The molecule has 0 N–H and O–H groups in total. The quantitative estimate of drug-likeness (QED) is 0.164. The van der Waals surface area contributed by atoms with Gasteiger partial charge < -0.3 is 9.80 Å². The SMILES string of the molecule is C(=Cc1ccc2cc(N3c4ccccc4Sc4ccccc43)ccc2c1)c1ccc2c(c1)C1(c3ccccc3-c3ccccc31)c1cc(N3CCCc4ccccc43)ccc1-2. The molecule has 0 amide bonds. The number of benzene rings is 9. The van der Waals surface area contributed by atoms with Gasteiger partial charge in [0.05, 0.1) is 16.8 Å². The van der Waals surface area contributed by atoms with E-state index in [-0.39, 0.29) is 0 Å². The molecular formula is C58H40N2S. The lowest BCUT2D eigenvalue weighted by atomic mass is 9.70. The van der Waals surface area contributed by atoms with Crippen molar-refractivity contribution in [3.63, 3.8) is 0 Å². The Morgan fingerprint density at radius 1 is 0.426 bits per heavy atom. The van der Waals surface area contributed by atoms with Gasteiger partial charge in [0.2, 0.25) is 0 Å². The summed E-state index contributed by atoms with van der Waals surface area (Å²) in [6, 6.07) is 72.8. The van der Waals surface area contributed by atoms with E-state index in [0.29, 0.717) is 0 Å². The van der Waals surface area contributed by atoms with E-state index < -0.39 is 5.41 Å². The molecular weight excluding hydrogens is 757 g/mol. The Balaban J connectivity index is 0.896. The summed E-state index contributed by atoms with van der Waals surface area (Å²) in [5.41, 5.74) is 20.4. The van der Waals surface area contributed by atoms with Crippen molar-refractivity contribution in [1.82, 2.24) is 0 Å². The van der Waals surface area contributed by atoms with Crippen molar-refractivity contribution in [3.05, 3.63) is 233 Å². The molecule has 0 atom stereocenters. The number of fused-ring (bicyclic) bond motifs is 14. The zero-order valence-corrected chi connectivity index (χ0v) is 34.4. The molecule has 4 aliphatic rings. The Morgan fingerprint density at radius 2 is 0.967 bits per heavy atom. The molecule has 0 fully saturated rings. The lowest BCUT2D eigenvalue weighted by Gasteiger charge is -2.34. The fourth-order valence-corrected chi connectivity index (χ4v) is 11.9. The van der Waals surface area contributed by atoms with Crippen LogP contribution in [0.15, 0.2) is 204 Å². The van der Waals surface area contributed by atoms with Gasteiger partial charge in [-0.25, -0.2) is 0 Å². The monoisotopic (exact) mass is 796 g/mol. The maximum atomic E-state index is 2.55. The van der Waals surface area contributed by atoms with Gasteiger partial charge in [0.25, 0.3) is 0 Å². The van der Waals surface area contributed by atoms with Gasteiger partial charge >= 0.3 is 0 Å². The molecule has 0 saturated heterocycles. The third kappa shape index (κ3) is 5.17. The normalized spacial score (nSPS) is 15.0. The van der Waals surface area contributed by atoms with Gasteiger partial charge in [0, 0.05) is 33.4 Å². The van der Waals surface area contributed by atoms with E-state index >= 15 is 0 Å². The molecule has 0 radical (unpaired) electrons. The van der Waals surface area contributed by atoms with Crippen LogP contribution < -0.4 is 9.80 Å². The van der Waals surface area contributed by atoms with Crippen LogP contribution in [-0.4, -0.2) is 6.54 Å². The molecule has 0 bridgehead atoms. The summed E-state index contributed by atoms with van der Waals surface area (Å²) in [6.07, 6.45) is 6.86. The van der Waals surface area contributed by atoms with Crippen molar-refractivity contribution in [2.75, 3.05) is 16.3 Å². The summed E-state index contributed by atoms with van der Waals surface area (Å²) in [4.78, 5) is 7.50. The minimum absolute atomic E-state index is 0.415. The van der Waals surface area contributed by atoms with Crippen molar-refractivity contribution in [3.8, 4) is 22.3 Å². The van der Waals surface area contributed by atoms with Gasteiger partial charge in [-0.3, -0.25) is 0 Å². The minimum Gasteiger partial charge on any atom is -0.341 e. The van der Waals surface area contributed by atoms with Crippen LogP contribution in [0.25, 0.3) is 45.2 Å². The molecule has 2 aliphatic carbocycles. The van der Waals surface area contributed by atoms with E-state index in [1.807, 2.05) is 11.8 Å². The lowest BCUT2D eigenvalue weighted by Crippen LogP contribution is -2.27. The average molecular weight is 797 g/mol. The van der Waals surface area contributed by atoms with Crippen LogP contribution in [0.4, 0.5) is 28.4 Å². The lowest BCUT2D eigenvalue weighted by molar-refractivity contribution is 0.762. The van der Waals surface area contributed by atoms with Gasteiger partial charge in [-0.1, -0.05) is 151 Å². The van der Waals surface area contributed by atoms with Gasteiger partial charge in [0.15, 0.2) is 0 Å². The summed E-state index contributed by atoms with van der Waals surface area (Å²) < 4.78 is 0. The van der Waals surface area contributed by atoms with Crippen LogP contribution in [-0.2, 0) is 11.8 Å². The second kappa shape index (κ2) is 13.5. The number of hydrogen-bond acceptors (Lipinski definition) is 3. The fraction of sp³-hybridized carbons (Fsp3) is 0.0690. The molecule has 1 spiro atoms. The molecule has 9 aromatic carbocycles. The van der Waals surface area contributed by atoms with Gasteiger partial charge in [-0.2, -0.15) is 0 Å². The highest BCUT2D eigenvalue weighted by atomic mass is 32.2. The number of para-hydroxylation sites is 3. The number of hydrogen-bond donors (Lipinski definition) is 0. The molecule has 288 valence electrons. The maximum Gasteiger partial charge on any atom is 0.0726 e. The van der Waals surface area contributed by atoms with Crippen LogP contribution in [0.3, 0.4) is 0 Å². The van der Waals surface area contributed by atoms with Crippen molar-refractivity contribution >= 4 is 63.1 Å². The molecule has 2 nitrogen and oxygen atoms in total. The van der Waals surface area contributed by atoms with Gasteiger partial charge in [0.1, 0.15) is 0 Å². The molecule has 3 heteroatoms. The summed E-state index contributed by atoms with van der Waals surface area (Å²) in [7, 11) is 0. The molecule has 0 saturated carbocycles. The van der Waals surface area contributed by atoms with E-state index in [0.717, 1.165) is 19.4 Å². The predicted octanol–water partition coefficient (Wildman–Crippen LogP) is 15.4. The molecule has 0 aromatic heterocycles. The van der Waals surface area contributed by atoms with E-state index in [4.69, 9.17) is 0 Å². The first-order valence-electron chi connectivity index (χ1n) is 21.4. The second-order valence-electron chi connectivity index (χ2n) is 16.8. The van der Waals surface area contributed by atoms with Crippen LogP contribution >= 0.6 is 11.8 Å². The predicted molar refractivity (Wildman–Crippen MR) is 256 cm³/mol. The Morgan fingerprint density at radius 3 is 1.72 bits per heavy atom. The van der Waals surface area contributed by atoms with Crippen LogP contribution in [0, 0.1) is 0 Å². The first kappa shape index (κ1) is 34.8. The van der Waals surface area contributed by atoms with Crippen molar-refractivity contribution in [2.45, 2.75) is 28.0 Å². The minimum atomic E-state index is -0.415. The molecule has 13 rings (SSSR count). The Hall–Kier alpha value is -7.07. The zero-order valence-electron chi connectivity index (χ0n) is 33.6. The molecule has 2 aliphatic heterocycles. The Bertz CT molecular complexity index is 3210. The first-order chi connectivity index (χ1) is 30.2. The number of rotatable bonds is 4. The van der Waals surface area contributed by atoms with E-state index in [1.165, 1.54) is 110 Å². The number of nitrogens with zero attached hydrogens (tertiary/aromatic N) is 2. The first-order valence-corrected chi connectivity index (χ1v) is 22.3. The second-order valence-corrected chi connectivity index (χ2v) is 17.8. The van der Waals surface area contributed by atoms with Crippen LogP contribution in [0.2, 0.25) is 0 Å². The highest BCUT2D eigenvalue weighted by Crippen LogP contribution is 2.63. The molecule has 2 heterocycles. The standard InChI is InChI=1S/C58H40N2S/c1-6-18-53-40(12-1)13-11-33-59(53)43-30-32-48-47-31-26-39(35-51(47)58(52(48)37-43)49-16-4-2-14-45(49)46-15-3-5-17-50(46)58)24-23-38-25-27-42-36-44(29-28-41(42)34-38)60-54-19-7-9-21-56(54)61-57-22-10-8-20-55(57)60/h1-10,12,14-32,34-37H,11,13,33H2. The smallest absolute Gasteiger partial charge is 0.0726 e. The Labute approximate surface area is 361 Å². The maximum absolute atomic E-state index is 2.55. The average Bonchev–Trinajstić information content (AvgIpc) is 3.79. The fourth-order valence-electron chi connectivity index (χ4n) is 10.9. The number of aryl methyl sites for hydroxylation is 1. The van der Waals surface area contributed by atoms with E-state index in [2.05, 4.69) is 216 Å². The summed E-state index contributed by atoms with van der Waals surface area (Å²) >= 11 is 1.85.